The Morgan fingerprint density at radius 3 is 1.91 bits per heavy atom. The van der Waals surface area contributed by atoms with Gasteiger partial charge in [0.1, 0.15) is 0 Å². The first-order valence-electron chi connectivity index (χ1n) is 4.20. The number of benzene rings is 1. The van der Waals surface area contributed by atoms with Crippen LogP contribution in [-0.2, 0) is 12.8 Å². The zero-order chi connectivity index (χ0) is 8.27. The highest BCUT2D eigenvalue weighted by Crippen LogP contribution is 2.08. The fourth-order valence-corrected chi connectivity index (χ4v) is 1.18. The summed E-state index contributed by atoms with van der Waals surface area (Å²) < 4.78 is 0. The Morgan fingerprint density at radius 2 is 1.55 bits per heavy atom. The second-order valence-electron chi connectivity index (χ2n) is 2.78. The van der Waals surface area contributed by atoms with E-state index in [-0.39, 0.29) is 0 Å². The van der Waals surface area contributed by atoms with Gasteiger partial charge in [0.25, 0.3) is 0 Å². The molecule has 0 aliphatic heterocycles. The molecule has 11 heavy (non-hydrogen) atoms. The minimum Gasteiger partial charge on any atom is -0.0613 e. The van der Waals surface area contributed by atoms with Gasteiger partial charge in [-0.05, 0) is 48.6 Å². The molecule has 0 bridgehead atoms. The first kappa shape index (κ1) is 8.32. The molecule has 0 fully saturated rings. The van der Waals surface area contributed by atoms with Crippen LogP contribution in [-0.4, -0.2) is 0 Å². The standard InChI is InChI=1S/C11H14/c1-4-10-6-9(3)7-11(5-2)8-10/h8H,4-5H2,1-3H3. The van der Waals surface area contributed by atoms with Gasteiger partial charge in [0.2, 0.25) is 0 Å². The second kappa shape index (κ2) is 3.56. The lowest BCUT2D eigenvalue weighted by atomic mass is 10.0. The van der Waals surface area contributed by atoms with Gasteiger partial charge in [-0.2, -0.15) is 0 Å². The van der Waals surface area contributed by atoms with Crippen LogP contribution >= 0.6 is 0 Å². The second-order valence-corrected chi connectivity index (χ2v) is 2.78. The lowest BCUT2D eigenvalue weighted by molar-refractivity contribution is 1.07. The van der Waals surface area contributed by atoms with E-state index in [0.717, 1.165) is 18.4 Å². The molecule has 58 valence electrons. The summed E-state index contributed by atoms with van der Waals surface area (Å²) in [5.74, 6) is 0. The SMILES string of the molecule is CCc1[c]c(C)[c]c(CC)c1. The molecule has 0 unspecified atom stereocenters. The number of hydrogen-bond donors (Lipinski definition) is 0. The van der Waals surface area contributed by atoms with Crippen molar-refractivity contribution < 1.29 is 0 Å². The predicted molar refractivity (Wildman–Crippen MR) is 47.6 cm³/mol. The zero-order valence-electron chi connectivity index (χ0n) is 7.49. The highest BCUT2D eigenvalue weighted by molar-refractivity contribution is 5.26. The van der Waals surface area contributed by atoms with E-state index in [4.69, 9.17) is 0 Å². The topological polar surface area (TPSA) is 0 Å². The molecule has 0 spiro atoms. The van der Waals surface area contributed by atoms with Gasteiger partial charge < -0.3 is 0 Å². The Labute approximate surface area is 69.3 Å². The molecular weight excluding hydrogens is 132 g/mol. The maximum atomic E-state index is 3.28. The van der Waals surface area contributed by atoms with Gasteiger partial charge in [0, 0.05) is 0 Å². The van der Waals surface area contributed by atoms with E-state index in [0.29, 0.717) is 0 Å². The van der Waals surface area contributed by atoms with Crippen molar-refractivity contribution in [2.45, 2.75) is 33.6 Å². The van der Waals surface area contributed by atoms with E-state index in [1.165, 1.54) is 11.1 Å². The maximum Gasteiger partial charge on any atom is -0.0111 e. The van der Waals surface area contributed by atoms with Gasteiger partial charge in [-0.3, -0.25) is 0 Å². The minimum absolute atomic E-state index is 1.07. The van der Waals surface area contributed by atoms with Gasteiger partial charge in [-0.25, -0.2) is 0 Å². The normalized spacial score (nSPS) is 10.1. The molecule has 0 amide bonds. The maximum absolute atomic E-state index is 3.28. The van der Waals surface area contributed by atoms with Crippen molar-refractivity contribution in [3.8, 4) is 0 Å². The summed E-state index contributed by atoms with van der Waals surface area (Å²) in [6.45, 7) is 6.37. The Bertz CT molecular complexity index is 214. The number of hydrogen-bond acceptors (Lipinski definition) is 0. The van der Waals surface area contributed by atoms with E-state index in [2.05, 4.69) is 39.0 Å². The molecule has 0 saturated heterocycles. The number of rotatable bonds is 2. The summed E-state index contributed by atoms with van der Waals surface area (Å²) in [5.41, 5.74) is 3.75. The van der Waals surface area contributed by atoms with Crippen molar-refractivity contribution in [2.24, 2.45) is 0 Å². The molecule has 0 saturated carbocycles. The molecule has 1 aromatic carbocycles. The molecule has 0 aliphatic rings. The van der Waals surface area contributed by atoms with Crippen LogP contribution in [0, 0.1) is 19.1 Å². The molecule has 0 N–H and O–H groups in total. The molecule has 2 radical (unpaired) electrons. The predicted octanol–water partition coefficient (Wildman–Crippen LogP) is 2.72. The Hall–Kier alpha value is -0.780. The molecule has 0 nitrogen and oxygen atoms in total. The summed E-state index contributed by atoms with van der Waals surface area (Å²) in [6, 6.07) is 8.74. The number of aryl methyl sites for hydroxylation is 3. The summed E-state index contributed by atoms with van der Waals surface area (Å²) in [6.07, 6.45) is 2.14. The lowest BCUT2D eigenvalue weighted by Crippen LogP contribution is -1.88. The van der Waals surface area contributed by atoms with Gasteiger partial charge in [0.05, 0.1) is 0 Å². The van der Waals surface area contributed by atoms with E-state index in [9.17, 15) is 0 Å². The monoisotopic (exact) mass is 146 g/mol. The summed E-state index contributed by atoms with van der Waals surface area (Å²) >= 11 is 0. The molecular formula is C11H14. The largest absolute Gasteiger partial charge is 0.0613 e. The fraction of sp³-hybridized carbons (Fsp3) is 0.455. The van der Waals surface area contributed by atoms with Crippen LogP contribution in [0.3, 0.4) is 0 Å². The molecule has 0 aromatic heterocycles. The molecule has 0 aliphatic carbocycles. The van der Waals surface area contributed by atoms with Crippen LogP contribution in [0.15, 0.2) is 6.07 Å². The lowest BCUT2D eigenvalue weighted by Gasteiger charge is -2.01. The van der Waals surface area contributed by atoms with Crippen molar-refractivity contribution in [1.82, 2.24) is 0 Å². The Morgan fingerprint density at radius 1 is 1.09 bits per heavy atom. The average Bonchev–Trinajstić information content (AvgIpc) is 2.03. The zero-order valence-corrected chi connectivity index (χ0v) is 7.49. The van der Waals surface area contributed by atoms with Gasteiger partial charge in [-0.15, -0.1) is 0 Å². The van der Waals surface area contributed by atoms with Gasteiger partial charge >= 0.3 is 0 Å². The molecule has 0 atom stereocenters. The molecule has 1 aromatic rings. The van der Waals surface area contributed by atoms with Gasteiger partial charge in [-0.1, -0.05) is 19.9 Å². The van der Waals surface area contributed by atoms with Crippen molar-refractivity contribution in [1.29, 1.82) is 0 Å². The average molecular weight is 146 g/mol. The third-order valence-corrected chi connectivity index (χ3v) is 1.81. The van der Waals surface area contributed by atoms with Crippen LogP contribution in [0.4, 0.5) is 0 Å². The smallest absolute Gasteiger partial charge is 0.0111 e. The van der Waals surface area contributed by atoms with Crippen molar-refractivity contribution in [3.05, 3.63) is 34.9 Å². The van der Waals surface area contributed by atoms with Crippen LogP contribution in [0.2, 0.25) is 0 Å². The summed E-state index contributed by atoms with van der Waals surface area (Å²) in [5, 5.41) is 0. The molecule has 0 heterocycles. The van der Waals surface area contributed by atoms with Gasteiger partial charge in [0.15, 0.2) is 0 Å². The Kier molecular flexibility index (Phi) is 2.70. The summed E-state index contributed by atoms with van der Waals surface area (Å²) in [7, 11) is 0. The van der Waals surface area contributed by atoms with Crippen LogP contribution in [0.5, 0.6) is 0 Å². The first-order valence-corrected chi connectivity index (χ1v) is 4.20. The molecule has 0 heteroatoms. The van der Waals surface area contributed by atoms with Crippen LogP contribution < -0.4 is 0 Å². The van der Waals surface area contributed by atoms with Crippen molar-refractivity contribution in [2.75, 3.05) is 0 Å². The van der Waals surface area contributed by atoms with Crippen LogP contribution in [0.1, 0.15) is 30.5 Å². The van der Waals surface area contributed by atoms with Crippen molar-refractivity contribution in [3.63, 3.8) is 0 Å². The van der Waals surface area contributed by atoms with E-state index in [1.807, 2.05) is 0 Å². The third-order valence-electron chi connectivity index (χ3n) is 1.81. The highest BCUT2D eigenvalue weighted by Gasteiger charge is 1.95. The van der Waals surface area contributed by atoms with Crippen LogP contribution in [0.25, 0.3) is 0 Å². The Balaban J connectivity index is 3.02. The molecule has 1 rings (SSSR count). The highest BCUT2D eigenvalue weighted by atomic mass is 14.0. The van der Waals surface area contributed by atoms with E-state index in [1.54, 1.807) is 0 Å². The fourth-order valence-electron chi connectivity index (χ4n) is 1.18. The third kappa shape index (κ3) is 2.07. The van der Waals surface area contributed by atoms with E-state index < -0.39 is 0 Å². The first-order chi connectivity index (χ1) is 5.26. The quantitative estimate of drug-likeness (QED) is 0.601. The van der Waals surface area contributed by atoms with Crippen molar-refractivity contribution >= 4 is 0 Å². The van der Waals surface area contributed by atoms with E-state index >= 15 is 0 Å². The minimum atomic E-state index is 1.07. The summed E-state index contributed by atoms with van der Waals surface area (Å²) in [4.78, 5) is 0.